The van der Waals surface area contributed by atoms with Gasteiger partial charge >= 0.3 is 0 Å². The predicted molar refractivity (Wildman–Crippen MR) is 89.9 cm³/mol. The molecule has 0 aliphatic carbocycles. The maximum atomic E-state index is 14.1. The fourth-order valence-electron chi connectivity index (χ4n) is 3.04. The molecule has 2 aromatic carbocycles. The quantitative estimate of drug-likeness (QED) is 0.789. The molecule has 1 unspecified atom stereocenters. The second kappa shape index (κ2) is 6.71. The first-order valence-electron chi connectivity index (χ1n) is 7.77. The van der Waals surface area contributed by atoms with E-state index in [1.165, 1.54) is 6.07 Å². The summed E-state index contributed by atoms with van der Waals surface area (Å²) in [5.41, 5.74) is 2.12. The summed E-state index contributed by atoms with van der Waals surface area (Å²) in [6.45, 7) is 2.53. The Hall–Kier alpha value is -1.87. The van der Waals surface area contributed by atoms with Crippen molar-refractivity contribution >= 4 is 17.5 Å². The van der Waals surface area contributed by atoms with E-state index in [0.29, 0.717) is 29.1 Å². The molecular formula is C19H18ClFNO. The third-order valence-electron chi connectivity index (χ3n) is 4.29. The molecule has 1 aliphatic heterocycles. The summed E-state index contributed by atoms with van der Waals surface area (Å²) >= 11 is 6.13. The Labute approximate surface area is 140 Å². The second-order valence-corrected chi connectivity index (χ2v) is 6.09. The third-order valence-corrected chi connectivity index (χ3v) is 4.66. The maximum absolute atomic E-state index is 14.1. The second-order valence-electron chi connectivity index (χ2n) is 5.68. The molecule has 1 radical (unpaired) electrons. The van der Waals surface area contributed by atoms with Gasteiger partial charge in [-0.3, -0.25) is 4.79 Å². The molecule has 2 aromatic rings. The molecule has 4 heteroatoms. The van der Waals surface area contributed by atoms with Gasteiger partial charge in [-0.15, -0.1) is 0 Å². The van der Waals surface area contributed by atoms with Crippen molar-refractivity contribution in [1.82, 2.24) is 4.90 Å². The summed E-state index contributed by atoms with van der Waals surface area (Å²) in [6.07, 6.45) is 3.45. The van der Waals surface area contributed by atoms with Crippen LogP contribution in [-0.4, -0.2) is 17.4 Å². The number of halogens is 2. The van der Waals surface area contributed by atoms with Crippen molar-refractivity contribution in [3.8, 4) is 0 Å². The van der Waals surface area contributed by atoms with Crippen LogP contribution in [0.2, 0.25) is 5.02 Å². The van der Waals surface area contributed by atoms with E-state index < -0.39 is 0 Å². The fourth-order valence-corrected chi connectivity index (χ4v) is 3.29. The number of aryl methyl sites for hydroxylation is 1. The number of hydrogen-bond acceptors (Lipinski definition) is 1. The topological polar surface area (TPSA) is 20.3 Å². The van der Waals surface area contributed by atoms with Crippen molar-refractivity contribution < 1.29 is 9.18 Å². The van der Waals surface area contributed by atoms with Crippen molar-refractivity contribution in [2.24, 2.45) is 0 Å². The minimum Gasteiger partial charge on any atom is -0.331 e. The first-order valence-corrected chi connectivity index (χ1v) is 8.15. The molecule has 1 fully saturated rings. The Bertz CT molecular complexity index is 731. The van der Waals surface area contributed by atoms with E-state index in [1.807, 2.05) is 19.4 Å². The molecule has 23 heavy (non-hydrogen) atoms. The van der Waals surface area contributed by atoms with Gasteiger partial charge in [0.15, 0.2) is 0 Å². The lowest BCUT2D eigenvalue weighted by molar-refractivity contribution is 0.0735. The Morgan fingerprint density at radius 3 is 2.83 bits per heavy atom. The first-order chi connectivity index (χ1) is 11.1. The van der Waals surface area contributed by atoms with E-state index in [1.54, 1.807) is 35.2 Å². The van der Waals surface area contributed by atoms with Crippen LogP contribution < -0.4 is 0 Å². The molecular weight excluding hydrogens is 313 g/mol. The third kappa shape index (κ3) is 3.11. The number of rotatable bonds is 3. The Balaban J connectivity index is 1.91. The highest BCUT2D eigenvalue weighted by atomic mass is 35.5. The molecule has 0 bridgehead atoms. The van der Waals surface area contributed by atoms with Crippen molar-refractivity contribution in [3.63, 3.8) is 0 Å². The molecule has 1 saturated heterocycles. The molecule has 0 aromatic heterocycles. The highest BCUT2D eigenvalue weighted by Gasteiger charge is 2.32. The number of benzene rings is 2. The number of hydrogen-bond donors (Lipinski definition) is 0. The van der Waals surface area contributed by atoms with Gasteiger partial charge in [0.1, 0.15) is 5.82 Å². The van der Waals surface area contributed by atoms with Gasteiger partial charge < -0.3 is 4.90 Å². The fraction of sp³-hybridized carbons (Fsp3) is 0.263. The van der Waals surface area contributed by atoms with Gasteiger partial charge in [0.25, 0.3) is 5.91 Å². The summed E-state index contributed by atoms with van der Waals surface area (Å²) in [4.78, 5) is 14.6. The zero-order valence-electron chi connectivity index (χ0n) is 12.9. The molecule has 2 nitrogen and oxygen atoms in total. The molecule has 1 amide bonds. The van der Waals surface area contributed by atoms with Crippen LogP contribution in [0.5, 0.6) is 0 Å². The molecule has 119 valence electrons. The van der Waals surface area contributed by atoms with Gasteiger partial charge in [-0.2, -0.15) is 0 Å². The van der Waals surface area contributed by atoms with Crippen LogP contribution >= 0.6 is 11.6 Å². The van der Waals surface area contributed by atoms with Crippen LogP contribution in [0.1, 0.15) is 40.9 Å². The maximum Gasteiger partial charge on any atom is 0.254 e. The van der Waals surface area contributed by atoms with E-state index >= 15 is 0 Å². The minimum atomic E-state index is -0.268. The van der Waals surface area contributed by atoms with Crippen molar-refractivity contribution in [2.75, 3.05) is 6.54 Å². The molecule has 0 saturated carbocycles. The van der Waals surface area contributed by atoms with Gasteiger partial charge in [0, 0.05) is 22.7 Å². The van der Waals surface area contributed by atoms with Gasteiger partial charge in [0.2, 0.25) is 0 Å². The number of nitrogens with zero attached hydrogens (tertiary/aromatic N) is 1. The summed E-state index contributed by atoms with van der Waals surface area (Å²) in [6, 6.07) is 11.7. The van der Waals surface area contributed by atoms with Gasteiger partial charge in [-0.1, -0.05) is 36.7 Å². The number of carbonyl (C=O) groups is 1. The van der Waals surface area contributed by atoms with Crippen LogP contribution in [0.25, 0.3) is 0 Å². The number of likely N-dealkylation sites (tertiary alicyclic amines) is 1. The Morgan fingerprint density at radius 2 is 2.09 bits per heavy atom. The van der Waals surface area contributed by atoms with E-state index in [2.05, 4.69) is 0 Å². The SMILES string of the molecule is CCc1cc(C(=O)N2C[CH]CC2c2ccccc2F)ccc1Cl. The lowest BCUT2D eigenvalue weighted by Gasteiger charge is -2.25. The molecule has 0 spiro atoms. The minimum absolute atomic E-state index is 0.0848. The highest BCUT2D eigenvalue weighted by Crippen LogP contribution is 2.34. The number of amides is 1. The molecule has 1 heterocycles. The van der Waals surface area contributed by atoms with Crippen molar-refractivity contribution in [3.05, 3.63) is 76.4 Å². The normalized spacial score (nSPS) is 17.5. The zero-order chi connectivity index (χ0) is 16.4. The van der Waals surface area contributed by atoms with Crippen molar-refractivity contribution in [2.45, 2.75) is 25.8 Å². The van der Waals surface area contributed by atoms with Crippen LogP contribution in [0.3, 0.4) is 0 Å². The summed E-state index contributed by atoms with van der Waals surface area (Å²) < 4.78 is 14.1. The highest BCUT2D eigenvalue weighted by molar-refractivity contribution is 6.31. The molecule has 1 atom stereocenters. The molecule has 3 rings (SSSR count). The Morgan fingerprint density at radius 1 is 1.30 bits per heavy atom. The summed E-state index contributed by atoms with van der Waals surface area (Å²) in [5, 5.41) is 0.669. The van der Waals surface area contributed by atoms with Crippen molar-refractivity contribution in [1.29, 1.82) is 0 Å². The monoisotopic (exact) mass is 330 g/mol. The predicted octanol–water partition coefficient (Wildman–Crippen LogP) is 4.83. The average Bonchev–Trinajstić information content (AvgIpc) is 3.04. The van der Waals surface area contributed by atoms with Crippen LogP contribution in [0.4, 0.5) is 4.39 Å². The van der Waals surface area contributed by atoms with Crippen LogP contribution in [0, 0.1) is 12.2 Å². The number of carbonyl (C=O) groups excluding carboxylic acids is 1. The van der Waals surface area contributed by atoms with Gasteiger partial charge in [0.05, 0.1) is 6.04 Å². The summed E-state index contributed by atoms with van der Waals surface area (Å²) in [7, 11) is 0. The lowest BCUT2D eigenvalue weighted by Crippen LogP contribution is -2.31. The smallest absolute Gasteiger partial charge is 0.254 e. The largest absolute Gasteiger partial charge is 0.331 e. The lowest BCUT2D eigenvalue weighted by atomic mass is 10.0. The standard InChI is InChI=1S/C19H18ClFNO/c1-2-13-12-14(9-10-16(13)20)19(23)22-11-5-8-18(22)15-6-3-4-7-17(15)21/h3-7,9-10,12,18H,2,8,11H2,1H3. The first kappa shape index (κ1) is 16.0. The van der Waals surface area contributed by atoms with E-state index in [9.17, 15) is 9.18 Å². The van der Waals surface area contributed by atoms with Gasteiger partial charge in [-0.05, 0) is 49.1 Å². The van der Waals surface area contributed by atoms with E-state index in [4.69, 9.17) is 11.6 Å². The molecule has 1 aliphatic rings. The van der Waals surface area contributed by atoms with Crippen LogP contribution in [-0.2, 0) is 6.42 Å². The van der Waals surface area contributed by atoms with E-state index in [-0.39, 0.29) is 17.8 Å². The zero-order valence-corrected chi connectivity index (χ0v) is 13.7. The summed E-state index contributed by atoms with van der Waals surface area (Å²) in [5.74, 6) is -0.352. The Kier molecular flexibility index (Phi) is 4.67. The van der Waals surface area contributed by atoms with E-state index in [0.717, 1.165) is 12.0 Å². The average molecular weight is 331 g/mol. The van der Waals surface area contributed by atoms with Crippen LogP contribution in [0.15, 0.2) is 42.5 Å². The molecule has 0 N–H and O–H groups in total. The van der Waals surface area contributed by atoms with Gasteiger partial charge in [-0.25, -0.2) is 4.39 Å².